The highest BCUT2D eigenvalue weighted by Gasteiger charge is 2.27. The number of carbonyl (C=O) groups is 2. The number of hydrogen-bond donors (Lipinski definition) is 1. The van der Waals surface area contributed by atoms with Crippen LogP contribution in [0.1, 0.15) is 40.6 Å². The number of piperidine rings is 1. The first-order chi connectivity index (χ1) is 14.6. The number of aryl methyl sites for hydroxylation is 1. The first kappa shape index (κ1) is 19.8. The van der Waals surface area contributed by atoms with Crippen molar-refractivity contribution in [2.45, 2.75) is 25.7 Å². The summed E-state index contributed by atoms with van der Waals surface area (Å²) >= 11 is 0. The first-order valence-corrected chi connectivity index (χ1v) is 10.1. The molecule has 30 heavy (non-hydrogen) atoms. The number of likely N-dealkylation sites (tertiary alicyclic amines) is 1. The average Bonchev–Trinajstić information content (AvgIpc) is 3.29. The number of nitrogens with one attached hydrogen (secondary N) is 1. The molecule has 0 bridgehead atoms. The summed E-state index contributed by atoms with van der Waals surface area (Å²) in [7, 11) is 0. The van der Waals surface area contributed by atoms with Crippen molar-refractivity contribution in [1.29, 1.82) is 0 Å². The Morgan fingerprint density at radius 3 is 2.47 bits per heavy atom. The molecule has 1 aromatic heterocycles. The summed E-state index contributed by atoms with van der Waals surface area (Å²) in [5.74, 6) is 1.03. The SMILES string of the molecule is Cc1ccc(-c2noc(C3CCN(C(=O)CNC(=O)c4ccccc4)CC3)n2)cc1. The molecular formula is C23H24N4O3. The van der Waals surface area contributed by atoms with Crippen molar-refractivity contribution in [3.63, 3.8) is 0 Å². The molecule has 0 radical (unpaired) electrons. The standard InChI is InChI=1S/C23H24N4O3/c1-16-7-9-17(10-8-16)21-25-23(30-26-21)19-11-13-27(14-12-19)20(28)15-24-22(29)18-5-3-2-4-6-18/h2-10,19H,11-15H2,1H3,(H,24,29). The lowest BCUT2D eigenvalue weighted by atomic mass is 9.96. The minimum absolute atomic E-state index is 0.00345. The summed E-state index contributed by atoms with van der Waals surface area (Å²) in [5.41, 5.74) is 2.65. The lowest BCUT2D eigenvalue weighted by Gasteiger charge is -2.30. The summed E-state index contributed by atoms with van der Waals surface area (Å²) in [6.07, 6.45) is 1.52. The molecule has 0 spiro atoms. The Hall–Kier alpha value is -3.48. The van der Waals surface area contributed by atoms with Crippen molar-refractivity contribution >= 4 is 11.8 Å². The van der Waals surface area contributed by atoms with Crippen molar-refractivity contribution < 1.29 is 14.1 Å². The van der Waals surface area contributed by atoms with E-state index in [4.69, 9.17) is 4.52 Å². The monoisotopic (exact) mass is 404 g/mol. The predicted molar refractivity (Wildman–Crippen MR) is 112 cm³/mol. The number of benzene rings is 2. The summed E-state index contributed by atoms with van der Waals surface area (Å²) in [6, 6.07) is 16.9. The second kappa shape index (κ2) is 8.90. The highest BCUT2D eigenvalue weighted by atomic mass is 16.5. The highest BCUT2D eigenvalue weighted by Crippen LogP contribution is 2.28. The van der Waals surface area contributed by atoms with Gasteiger partial charge in [0.1, 0.15) is 0 Å². The Kier molecular flexibility index (Phi) is 5.88. The molecule has 0 atom stereocenters. The third-order valence-corrected chi connectivity index (χ3v) is 5.38. The Morgan fingerprint density at radius 1 is 1.07 bits per heavy atom. The quantitative estimate of drug-likeness (QED) is 0.706. The van der Waals surface area contributed by atoms with Crippen LogP contribution in [0.3, 0.4) is 0 Å². The molecule has 2 amide bonds. The molecule has 1 aliphatic rings. The van der Waals surface area contributed by atoms with Crippen molar-refractivity contribution in [2.24, 2.45) is 0 Å². The van der Waals surface area contributed by atoms with Crippen LogP contribution in [0, 0.1) is 6.92 Å². The number of aromatic nitrogens is 2. The van der Waals surface area contributed by atoms with E-state index >= 15 is 0 Å². The Labute approximate surface area is 175 Å². The van der Waals surface area contributed by atoms with E-state index in [2.05, 4.69) is 15.5 Å². The summed E-state index contributed by atoms with van der Waals surface area (Å²) in [6.45, 7) is 3.24. The zero-order valence-corrected chi connectivity index (χ0v) is 16.9. The van der Waals surface area contributed by atoms with Gasteiger partial charge in [0.2, 0.25) is 17.6 Å². The van der Waals surface area contributed by atoms with Crippen LogP contribution in [0.4, 0.5) is 0 Å². The maximum atomic E-state index is 12.5. The van der Waals surface area contributed by atoms with Crippen molar-refractivity contribution in [1.82, 2.24) is 20.4 Å². The van der Waals surface area contributed by atoms with Crippen LogP contribution in [-0.4, -0.2) is 46.5 Å². The fourth-order valence-corrected chi connectivity index (χ4v) is 3.56. The molecule has 1 saturated heterocycles. The summed E-state index contributed by atoms with van der Waals surface area (Å²) in [4.78, 5) is 30.9. The minimum atomic E-state index is -0.242. The summed E-state index contributed by atoms with van der Waals surface area (Å²) in [5, 5.41) is 6.80. The van der Waals surface area contributed by atoms with Crippen LogP contribution >= 0.6 is 0 Å². The largest absolute Gasteiger partial charge is 0.343 e. The minimum Gasteiger partial charge on any atom is -0.343 e. The van der Waals surface area contributed by atoms with Gasteiger partial charge in [0, 0.05) is 30.1 Å². The molecule has 7 nitrogen and oxygen atoms in total. The predicted octanol–water partition coefficient (Wildman–Crippen LogP) is 3.18. The number of carbonyl (C=O) groups excluding carboxylic acids is 2. The fourth-order valence-electron chi connectivity index (χ4n) is 3.56. The van der Waals surface area contributed by atoms with Gasteiger partial charge in [0.15, 0.2) is 0 Å². The lowest BCUT2D eigenvalue weighted by molar-refractivity contribution is -0.131. The molecule has 0 saturated carbocycles. The van der Waals surface area contributed by atoms with E-state index in [1.807, 2.05) is 37.3 Å². The molecule has 1 aliphatic heterocycles. The van der Waals surface area contributed by atoms with Gasteiger partial charge in [-0.3, -0.25) is 9.59 Å². The maximum Gasteiger partial charge on any atom is 0.251 e. The zero-order chi connectivity index (χ0) is 20.9. The van der Waals surface area contributed by atoms with Gasteiger partial charge in [0.05, 0.1) is 6.54 Å². The van der Waals surface area contributed by atoms with E-state index in [0.717, 1.165) is 18.4 Å². The lowest BCUT2D eigenvalue weighted by Crippen LogP contribution is -2.43. The van der Waals surface area contributed by atoms with Crippen molar-refractivity contribution in [3.8, 4) is 11.4 Å². The van der Waals surface area contributed by atoms with Gasteiger partial charge in [0.25, 0.3) is 5.91 Å². The molecule has 7 heteroatoms. The molecule has 1 N–H and O–H groups in total. The highest BCUT2D eigenvalue weighted by molar-refractivity contribution is 5.96. The molecule has 154 valence electrons. The van der Waals surface area contributed by atoms with Crippen LogP contribution in [0.5, 0.6) is 0 Å². The van der Waals surface area contributed by atoms with Crippen molar-refractivity contribution in [2.75, 3.05) is 19.6 Å². The zero-order valence-electron chi connectivity index (χ0n) is 16.9. The number of nitrogens with zero attached hydrogens (tertiary/aromatic N) is 3. The average molecular weight is 404 g/mol. The van der Waals surface area contributed by atoms with E-state index < -0.39 is 0 Å². The molecule has 4 rings (SSSR count). The Balaban J connectivity index is 1.28. The number of amides is 2. The van der Waals surface area contributed by atoms with Gasteiger partial charge in [-0.05, 0) is 31.9 Å². The van der Waals surface area contributed by atoms with E-state index in [1.165, 1.54) is 5.56 Å². The second-order valence-electron chi connectivity index (χ2n) is 7.53. The van der Waals surface area contributed by atoms with Crippen LogP contribution in [0.2, 0.25) is 0 Å². The normalized spacial score (nSPS) is 14.5. The molecule has 0 unspecified atom stereocenters. The molecule has 0 aliphatic carbocycles. The van der Waals surface area contributed by atoms with Gasteiger partial charge in [-0.1, -0.05) is 53.2 Å². The summed E-state index contributed by atoms with van der Waals surface area (Å²) < 4.78 is 5.49. The molecule has 1 fully saturated rings. The van der Waals surface area contributed by atoms with E-state index in [9.17, 15) is 9.59 Å². The van der Waals surface area contributed by atoms with Crippen LogP contribution < -0.4 is 5.32 Å². The van der Waals surface area contributed by atoms with Crippen LogP contribution in [-0.2, 0) is 4.79 Å². The molecule has 2 heterocycles. The van der Waals surface area contributed by atoms with Crippen LogP contribution in [0.15, 0.2) is 59.1 Å². The second-order valence-corrected chi connectivity index (χ2v) is 7.53. The molecule has 2 aromatic carbocycles. The Morgan fingerprint density at radius 2 is 1.77 bits per heavy atom. The van der Waals surface area contributed by atoms with Crippen LogP contribution in [0.25, 0.3) is 11.4 Å². The number of hydrogen-bond acceptors (Lipinski definition) is 5. The van der Waals surface area contributed by atoms with E-state index in [-0.39, 0.29) is 24.3 Å². The third-order valence-electron chi connectivity index (χ3n) is 5.38. The van der Waals surface area contributed by atoms with Crippen molar-refractivity contribution in [3.05, 3.63) is 71.6 Å². The van der Waals surface area contributed by atoms with Gasteiger partial charge in [-0.2, -0.15) is 4.98 Å². The van der Waals surface area contributed by atoms with Gasteiger partial charge in [-0.15, -0.1) is 0 Å². The Bertz CT molecular complexity index is 1010. The fraction of sp³-hybridized carbons (Fsp3) is 0.304. The topological polar surface area (TPSA) is 88.3 Å². The first-order valence-electron chi connectivity index (χ1n) is 10.1. The van der Waals surface area contributed by atoms with Gasteiger partial charge in [-0.25, -0.2) is 0 Å². The smallest absolute Gasteiger partial charge is 0.251 e. The van der Waals surface area contributed by atoms with E-state index in [0.29, 0.717) is 30.4 Å². The van der Waals surface area contributed by atoms with E-state index in [1.54, 1.807) is 29.2 Å². The number of rotatable bonds is 5. The molecule has 3 aromatic rings. The van der Waals surface area contributed by atoms with Gasteiger partial charge >= 0.3 is 0 Å². The van der Waals surface area contributed by atoms with Gasteiger partial charge < -0.3 is 14.7 Å². The third kappa shape index (κ3) is 4.56. The molecular weight excluding hydrogens is 380 g/mol. The maximum absolute atomic E-state index is 12.5.